The number of aryl methyl sites for hydroxylation is 1. The number of rotatable bonds is 3. The number of fused-ring (bicyclic) bond motifs is 1. The lowest BCUT2D eigenvalue weighted by Gasteiger charge is -2.29. The first-order valence-electron chi connectivity index (χ1n) is 7.00. The molecule has 102 valence electrons. The van der Waals surface area contributed by atoms with Gasteiger partial charge in [-0.15, -0.1) is 0 Å². The Morgan fingerprint density at radius 2 is 2.37 bits per heavy atom. The summed E-state index contributed by atoms with van der Waals surface area (Å²) in [5, 5.41) is 4.59. The second kappa shape index (κ2) is 5.47. The molecule has 4 heteroatoms. The van der Waals surface area contributed by atoms with Crippen molar-refractivity contribution in [2.24, 2.45) is 5.92 Å². The predicted molar refractivity (Wildman–Crippen MR) is 83.1 cm³/mol. The quantitative estimate of drug-likeness (QED) is 0.931. The highest BCUT2D eigenvalue weighted by Crippen LogP contribution is 2.27. The first-order valence-corrected chi connectivity index (χ1v) is 7.82. The summed E-state index contributed by atoms with van der Waals surface area (Å²) in [6.45, 7) is 5.61. The smallest absolute Gasteiger partial charge is 0.183 e. The molecule has 1 aliphatic rings. The van der Waals surface area contributed by atoms with Gasteiger partial charge in [-0.05, 0) is 57.0 Å². The molecule has 0 radical (unpaired) electrons. The van der Waals surface area contributed by atoms with Gasteiger partial charge in [-0.2, -0.15) is 0 Å². The fourth-order valence-electron chi connectivity index (χ4n) is 2.78. The van der Waals surface area contributed by atoms with Crippen LogP contribution in [0.25, 0.3) is 10.2 Å². The number of thiazole rings is 1. The van der Waals surface area contributed by atoms with Gasteiger partial charge in [0, 0.05) is 13.1 Å². The number of piperidine rings is 1. The van der Waals surface area contributed by atoms with E-state index in [0.29, 0.717) is 0 Å². The standard InChI is InChI=1S/C15H21N3S/c1-11-5-6-14-13(8-11)17-15(19-14)16-9-12-4-3-7-18(2)10-12/h5-6,8,12H,3-4,7,9-10H2,1-2H3,(H,16,17). The minimum atomic E-state index is 0.757. The number of nitrogens with zero attached hydrogens (tertiary/aromatic N) is 2. The third-order valence-corrected chi connectivity index (χ3v) is 4.80. The first kappa shape index (κ1) is 12.9. The molecule has 3 nitrogen and oxygen atoms in total. The first-order chi connectivity index (χ1) is 9.20. The molecule has 0 spiro atoms. The molecule has 0 aliphatic carbocycles. The van der Waals surface area contributed by atoms with Gasteiger partial charge < -0.3 is 10.2 Å². The van der Waals surface area contributed by atoms with E-state index in [-0.39, 0.29) is 0 Å². The molecular weight excluding hydrogens is 254 g/mol. The Hall–Kier alpha value is -1.13. The van der Waals surface area contributed by atoms with Crippen LogP contribution in [0.5, 0.6) is 0 Å². The lowest BCUT2D eigenvalue weighted by Crippen LogP contribution is -2.35. The number of hydrogen-bond donors (Lipinski definition) is 1. The van der Waals surface area contributed by atoms with Gasteiger partial charge in [0.1, 0.15) is 0 Å². The van der Waals surface area contributed by atoms with E-state index in [4.69, 9.17) is 0 Å². The van der Waals surface area contributed by atoms with Gasteiger partial charge in [-0.25, -0.2) is 4.98 Å². The van der Waals surface area contributed by atoms with Crippen molar-refractivity contribution in [3.8, 4) is 0 Å². The molecular formula is C15H21N3S. The van der Waals surface area contributed by atoms with E-state index in [0.717, 1.165) is 23.1 Å². The van der Waals surface area contributed by atoms with E-state index < -0.39 is 0 Å². The third-order valence-electron chi connectivity index (χ3n) is 3.81. The van der Waals surface area contributed by atoms with Crippen molar-refractivity contribution >= 4 is 26.7 Å². The van der Waals surface area contributed by atoms with Gasteiger partial charge in [-0.1, -0.05) is 17.4 Å². The van der Waals surface area contributed by atoms with Crippen LogP contribution in [-0.2, 0) is 0 Å². The number of nitrogens with one attached hydrogen (secondary N) is 1. The molecule has 1 unspecified atom stereocenters. The van der Waals surface area contributed by atoms with Crippen molar-refractivity contribution in [2.45, 2.75) is 19.8 Å². The Morgan fingerprint density at radius 3 is 3.21 bits per heavy atom. The van der Waals surface area contributed by atoms with Gasteiger partial charge in [0.15, 0.2) is 5.13 Å². The van der Waals surface area contributed by atoms with Crippen LogP contribution in [0.2, 0.25) is 0 Å². The summed E-state index contributed by atoms with van der Waals surface area (Å²) in [5.74, 6) is 0.757. The molecule has 0 amide bonds. The van der Waals surface area contributed by atoms with Crippen LogP contribution in [0.4, 0.5) is 5.13 Å². The molecule has 1 saturated heterocycles. The SMILES string of the molecule is Cc1ccc2sc(NCC3CCCN(C)C3)nc2c1. The summed E-state index contributed by atoms with van der Waals surface area (Å²) < 4.78 is 1.27. The summed E-state index contributed by atoms with van der Waals surface area (Å²) in [5.41, 5.74) is 2.39. The predicted octanol–water partition coefficient (Wildman–Crippen LogP) is 3.36. The number of likely N-dealkylation sites (tertiary alicyclic amines) is 1. The summed E-state index contributed by atoms with van der Waals surface area (Å²) >= 11 is 1.76. The third kappa shape index (κ3) is 3.07. The fraction of sp³-hybridized carbons (Fsp3) is 0.533. The Morgan fingerprint density at radius 1 is 1.47 bits per heavy atom. The van der Waals surface area contributed by atoms with Gasteiger partial charge in [0.25, 0.3) is 0 Å². The highest BCUT2D eigenvalue weighted by Gasteiger charge is 2.17. The van der Waals surface area contributed by atoms with E-state index in [1.807, 2.05) is 0 Å². The van der Waals surface area contributed by atoms with Gasteiger partial charge >= 0.3 is 0 Å². The van der Waals surface area contributed by atoms with E-state index in [1.54, 1.807) is 11.3 Å². The lowest BCUT2D eigenvalue weighted by atomic mass is 9.99. The van der Waals surface area contributed by atoms with Crippen molar-refractivity contribution in [1.29, 1.82) is 0 Å². The molecule has 2 heterocycles. The van der Waals surface area contributed by atoms with Gasteiger partial charge in [0.05, 0.1) is 10.2 Å². The monoisotopic (exact) mass is 275 g/mol. The summed E-state index contributed by atoms with van der Waals surface area (Å²) in [6.07, 6.45) is 2.66. The molecule has 3 rings (SSSR count). The number of aromatic nitrogens is 1. The van der Waals surface area contributed by atoms with Crippen LogP contribution >= 0.6 is 11.3 Å². The highest BCUT2D eigenvalue weighted by atomic mass is 32.1. The Labute approximate surface area is 118 Å². The number of hydrogen-bond acceptors (Lipinski definition) is 4. The molecule has 0 saturated carbocycles. The minimum Gasteiger partial charge on any atom is -0.361 e. The van der Waals surface area contributed by atoms with Gasteiger partial charge in [-0.3, -0.25) is 0 Å². The fourth-order valence-corrected chi connectivity index (χ4v) is 3.64. The van der Waals surface area contributed by atoms with E-state index >= 15 is 0 Å². The Balaban J connectivity index is 1.65. The molecule has 1 aromatic carbocycles. The molecule has 19 heavy (non-hydrogen) atoms. The molecule has 1 atom stereocenters. The largest absolute Gasteiger partial charge is 0.361 e. The molecule has 1 N–H and O–H groups in total. The van der Waals surface area contributed by atoms with Crippen LogP contribution in [0.3, 0.4) is 0 Å². The molecule has 0 bridgehead atoms. The maximum atomic E-state index is 4.67. The second-order valence-corrected chi connectivity index (χ2v) is 6.67. The summed E-state index contributed by atoms with van der Waals surface area (Å²) in [6, 6.07) is 6.48. The van der Waals surface area contributed by atoms with Crippen molar-refractivity contribution in [3.63, 3.8) is 0 Å². The zero-order valence-corrected chi connectivity index (χ0v) is 12.5. The van der Waals surface area contributed by atoms with E-state index in [1.165, 1.54) is 36.2 Å². The Kier molecular flexibility index (Phi) is 3.71. The van der Waals surface area contributed by atoms with Crippen molar-refractivity contribution < 1.29 is 0 Å². The van der Waals surface area contributed by atoms with E-state index in [9.17, 15) is 0 Å². The van der Waals surface area contributed by atoms with Gasteiger partial charge in [0.2, 0.25) is 0 Å². The molecule has 1 aliphatic heterocycles. The maximum Gasteiger partial charge on any atom is 0.183 e. The average molecular weight is 275 g/mol. The summed E-state index contributed by atoms with van der Waals surface area (Å²) in [4.78, 5) is 7.10. The molecule has 1 fully saturated rings. The zero-order valence-electron chi connectivity index (χ0n) is 11.6. The number of anilines is 1. The van der Waals surface area contributed by atoms with Crippen LogP contribution < -0.4 is 5.32 Å². The topological polar surface area (TPSA) is 28.2 Å². The van der Waals surface area contributed by atoms with Crippen LogP contribution in [0, 0.1) is 12.8 Å². The van der Waals surface area contributed by atoms with Crippen LogP contribution in [-0.4, -0.2) is 36.6 Å². The average Bonchev–Trinajstić information content (AvgIpc) is 2.78. The minimum absolute atomic E-state index is 0.757. The van der Waals surface area contributed by atoms with Crippen molar-refractivity contribution in [3.05, 3.63) is 23.8 Å². The highest BCUT2D eigenvalue weighted by molar-refractivity contribution is 7.22. The number of benzene rings is 1. The van der Waals surface area contributed by atoms with Crippen molar-refractivity contribution in [1.82, 2.24) is 9.88 Å². The summed E-state index contributed by atoms with van der Waals surface area (Å²) in [7, 11) is 2.21. The second-order valence-electron chi connectivity index (χ2n) is 5.64. The van der Waals surface area contributed by atoms with E-state index in [2.05, 4.69) is 47.4 Å². The zero-order chi connectivity index (χ0) is 13.2. The maximum absolute atomic E-state index is 4.67. The molecule has 2 aromatic rings. The lowest BCUT2D eigenvalue weighted by molar-refractivity contribution is 0.217. The molecule has 1 aromatic heterocycles. The van der Waals surface area contributed by atoms with Crippen LogP contribution in [0.15, 0.2) is 18.2 Å². The normalized spacial score (nSPS) is 20.8. The Bertz CT molecular complexity index is 564. The van der Waals surface area contributed by atoms with Crippen molar-refractivity contribution in [2.75, 3.05) is 32.0 Å². The van der Waals surface area contributed by atoms with Crippen LogP contribution in [0.1, 0.15) is 18.4 Å².